The van der Waals surface area contributed by atoms with Gasteiger partial charge in [0.2, 0.25) is 0 Å². The molecule has 3 aromatic rings. The number of ether oxygens (including phenoxy) is 2. The van der Waals surface area contributed by atoms with Crippen molar-refractivity contribution in [3.05, 3.63) is 90.5 Å². The number of hydrogen-bond acceptors (Lipinski definition) is 6. The van der Waals surface area contributed by atoms with Crippen LogP contribution in [0.3, 0.4) is 0 Å². The Balaban J connectivity index is 1.84. The van der Waals surface area contributed by atoms with Crippen molar-refractivity contribution in [2.24, 2.45) is 0 Å². The van der Waals surface area contributed by atoms with E-state index in [0.29, 0.717) is 6.42 Å². The minimum Gasteiger partial charge on any atom is -0.534 e. The molecular formula is C33H44N2O5Si. The lowest BCUT2D eigenvalue weighted by Gasteiger charge is -2.43. The van der Waals surface area contributed by atoms with Gasteiger partial charge in [0.15, 0.2) is 0 Å². The van der Waals surface area contributed by atoms with Crippen molar-refractivity contribution in [2.45, 2.75) is 77.7 Å². The maximum Gasteiger partial charge on any atom is 0.408 e. The van der Waals surface area contributed by atoms with Crippen molar-refractivity contribution in [1.82, 2.24) is 10.6 Å². The number of esters is 1. The molecule has 0 aromatic heterocycles. The summed E-state index contributed by atoms with van der Waals surface area (Å²) in [6.45, 7) is 13.9. The molecule has 0 aliphatic carbocycles. The SMILES string of the molecule is COC(=O)[C@H](Cc1ccc(O[Si](c2ccccc2)(c2ccccc2)C(C)(C)C)cc1)NC(C)NC(=O)OC(C)(C)C. The number of carbonyl (C=O) groups excluding carboxylic acids is 2. The van der Waals surface area contributed by atoms with Gasteiger partial charge in [-0.2, -0.15) is 0 Å². The van der Waals surface area contributed by atoms with Gasteiger partial charge < -0.3 is 19.2 Å². The monoisotopic (exact) mass is 576 g/mol. The fraction of sp³-hybridized carbons (Fsp3) is 0.394. The van der Waals surface area contributed by atoms with Gasteiger partial charge in [-0.3, -0.25) is 10.1 Å². The summed E-state index contributed by atoms with van der Waals surface area (Å²) in [7, 11) is -1.41. The number of amides is 1. The maximum absolute atomic E-state index is 12.6. The topological polar surface area (TPSA) is 85.9 Å². The van der Waals surface area contributed by atoms with Crippen molar-refractivity contribution in [3.63, 3.8) is 0 Å². The van der Waals surface area contributed by atoms with Crippen LogP contribution >= 0.6 is 0 Å². The summed E-state index contributed by atoms with van der Waals surface area (Å²) in [5, 5.41) is 8.09. The third-order valence-corrected chi connectivity index (χ3v) is 11.7. The molecule has 2 atom stereocenters. The highest BCUT2D eigenvalue weighted by atomic mass is 28.4. The van der Waals surface area contributed by atoms with E-state index in [2.05, 4.69) is 79.9 Å². The second-order valence-electron chi connectivity index (χ2n) is 12.2. The molecule has 2 N–H and O–H groups in total. The highest BCUT2D eigenvalue weighted by Gasteiger charge is 2.52. The Morgan fingerprint density at radius 2 is 1.32 bits per heavy atom. The summed E-state index contributed by atoms with van der Waals surface area (Å²) in [6, 6.07) is 28.2. The van der Waals surface area contributed by atoms with Gasteiger partial charge in [0.25, 0.3) is 0 Å². The Bertz CT molecular complexity index is 1230. The molecular weight excluding hydrogens is 532 g/mol. The standard InChI is InChI=1S/C33H44N2O5Si/c1-24(35-31(37)39-32(2,3)4)34-29(30(36)38-8)23-25-19-21-26(22-20-25)40-41(33(5,6)7,27-15-11-9-12-16-27)28-17-13-10-14-18-28/h9-22,24,29,34H,23H2,1-8H3,(H,35,37)/t24?,29-/m0/s1. The highest BCUT2D eigenvalue weighted by molar-refractivity contribution is 7.00. The lowest BCUT2D eigenvalue weighted by molar-refractivity contribution is -0.143. The number of benzene rings is 3. The molecule has 3 rings (SSSR count). The Hall–Kier alpha value is -3.62. The van der Waals surface area contributed by atoms with Crippen LogP contribution in [0.4, 0.5) is 4.79 Å². The van der Waals surface area contributed by atoms with Crippen molar-refractivity contribution < 1.29 is 23.5 Å². The molecule has 0 saturated heterocycles. The molecule has 0 heterocycles. The summed E-state index contributed by atoms with van der Waals surface area (Å²) in [6.07, 6.45) is -0.718. The molecule has 3 aromatic carbocycles. The number of nitrogens with one attached hydrogen (secondary N) is 2. The van der Waals surface area contributed by atoms with Gasteiger partial charge in [0, 0.05) is 0 Å². The zero-order valence-corrected chi connectivity index (χ0v) is 26.5. The molecule has 0 aliphatic heterocycles. The average Bonchev–Trinajstić information content (AvgIpc) is 2.91. The Morgan fingerprint density at radius 3 is 1.76 bits per heavy atom. The Morgan fingerprint density at radius 1 is 0.805 bits per heavy atom. The lowest BCUT2D eigenvalue weighted by atomic mass is 10.1. The van der Waals surface area contributed by atoms with Crippen molar-refractivity contribution in [3.8, 4) is 5.75 Å². The number of methoxy groups -OCH3 is 1. The highest BCUT2D eigenvalue weighted by Crippen LogP contribution is 2.37. The first-order valence-electron chi connectivity index (χ1n) is 14.0. The predicted octanol–water partition coefficient (Wildman–Crippen LogP) is 5.17. The van der Waals surface area contributed by atoms with E-state index < -0.39 is 38.2 Å². The van der Waals surface area contributed by atoms with E-state index in [1.165, 1.54) is 17.5 Å². The molecule has 0 aliphatic rings. The third-order valence-electron chi connectivity index (χ3n) is 6.72. The third kappa shape index (κ3) is 8.44. The van der Waals surface area contributed by atoms with Crippen molar-refractivity contribution >= 4 is 30.8 Å². The number of hydrogen-bond donors (Lipinski definition) is 2. The van der Waals surface area contributed by atoms with Crippen LogP contribution in [-0.2, 0) is 20.7 Å². The lowest BCUT2D eigenvalue weighted by Crippen LogP contribution is -2.68. The summed E-state index contributed by atoms with van der Waals surface area (Å²) >= 11 is 0. The average molecular weight is 577 g/mol. The van der Waals surface area contributed by atoms with E-state index in [4.69, 9.17) is 13.9 Å². The van der Waals surface area contributed by atoms with Crippen LogP contribution in [0.2, 0.25) is 5.04 Å². The molecule has 7 nitrogen and oxygen atoms in total. The first-order valence-corrected chi connectivity index (χ1v) is 15.9. The van der Waals surface area contributed by atoms with Gasteiger partial charge in [0.05, 0.1) is 13.3 Å². The van der Waals surface area contributed by atoms with Crippen LogP contribution in [-0.4, -0.2) is 45.3 Å². The molecule has 220 valence electrons. The van der Waals surface area contributed by atoms with Crippen LogP contribution in [0.1, 0.15) is 54.0 Å². The minimum absolute atomic E-state index is 0.161. The van der Waals surface area contributed by atoms with Gasteiger partial charge in [-0.1, -0.05) is 93.6 Å². The zero-order valence-electron chi connectivity index (χ0n) is 25.5. The summed E-state index contributed by atoms with van der Waals surface area (Å²) in [5.74, 6) is 0.348. The van der Waals surface area contributed by atoms with Crippen LogP contribution in [0.5, 0.6) is 5.75 Å². The Kier molecular flexibility index (Phi) is 10.4. The van der Waals surface area contributed by atoms with Crippen LogP contribution in [0, 0.1) is 0 Å². The van der Waals surface area contributed by atoms with E-state index in [1.807, 2.05) is 36.4 Å². The summed E-state index contributed by atoms with van der Waals surface area (Å²) < 4.78 is 17.4. The van der Waals surface area contributed by atoms with E-state index in [9.17, 15) is 9.59 Å². The fourth-order valence-corrected chi connectivity index (χ4v) is 9.36. The summed E-state index contributed by atoms with van der Waals surface area (Å²) in [5.41, 5.74) is 0.302. The number of rotatable bonds is 10. The molecule has 0 saturated carbocycles. The van der Waals surface area contributed by atoms with Crippen molar-refractivity contribution in [2.75, 3.05) is 7.11 Å². The van der Waals surface area contributed by atoms with E-state index in [-0.39, 0.29) is 5.04 Å². The smallest absolute Gasteiger partial charge is 0.408 e. The van der Waals surface area contributed by atoms with Crippen LogP contribution in [0.25, 0.3) is 0 Å². The molecule has 1 unspecified atom stereocenters. The molecule has 0 bridgehead atoms. The second kappa shape index (κ2) is 13.4. The van der Waals surface area contributed by atoms with Gasteiger partial charge in [-0.15, -0.1) is 0 Å². The quantitative estimate of drug-likeness (QED) is 0.197. The second-order valence-corrected chi connectivity index (χ2v) is 16.4. The zero-order chi connectivity index (χ0) is 30.3. The van der Waals surface area contributed by atoms with Crippen LogP contribution < -0.4 is 25.4 Å². The largest absolute Gasteiger partial charge is 0.534 e. The first-order chi connectivity index (χ1) is 19.2. The van der Waals surface area contributed by atoms with Gasteiger partial charge in [-0.05, 0) is 67.2 Å². The minimum atomic E-state index is -2.76. The predicted molar refractivity (Wildman–Crippen MR) is 166 cm³/mol. The Labute approximate surface area is 245 Å². The molecule has 0 spiro atoms. The molecule has 0 radical (unpaired) electrons. The number of carbonyl (C=O) groups is 2. The number of alkyl carbamates (subject to hydrolysis) is 1. The molecule has 1 amide bonds. The van der Waals surface area contributed by atoms with Gasteiger partial charge >= 0.3 is 20.4 Å². The maximum atomic E-state index is 12.6. The molecule has 0 fully saturated rings. The van der Waals surface area contributed by atoms with Crippen molar-refractivity contribution in [1.29, 1.82) is 0 Å². The summed E-state index contributed by atoms with van der Waals surface area (Å²) in [4.78, 5) is 24.8. The fourth-order valence-electron chi connectivity index (χ4n) is 4.94. The van der Waals surface area contributed by atoms with E-state index >= 15 is 0 Å². The van der Waals surface area contributed by atoms with Gasteiger partial charge in [0.1, 0.15) is 17.4 Å². The molecule has 41 heavy (non-hydrogen) atoms. The van der Waals surface area contributed by atoms with Gasteiger partial charge in [-0.25, -0.2) is 4.79 Å². The normalized spacial score (nSPS) is 13.6. The van der Waals surface area contributed by atoms with E-state index in [0.717, 1.165) is 11.3 Å². The van der Waals surface area contributed by atoms with Crippen LogP contribution in [0.15, 0.2) is 84.9 Å². The molecule has 8 heteroatoms. The first kappa shape index (κ1) is 31.9. The van der Waals surface area contributed by atoms with E-state index in [1.54, 1.807) is 27.7 Å².